The van der Waals surface area contributed by atoms with E-state index in [0.29, 0.717) is 10.3 Å². The largest absolute Gasteiger partial charge is 0.383 e. The lowest BCUT2D eigenvalue weighted by molar-refractivity contribution is -0.113. The van der Waals surface area contributed by atoms with Crippen LogP contribution in [0, 0.1) is 0 Å². The Bertz CT molecular complexity index is 1250. The zero-order valence-corrected chi connectivity index (χ0v) is 17.9. The molecule has 0 aliphatic rings. The Balaban J connectivity index is 1.32. The molecule has 0 radical (unpaired) electrons. The van der Waals surface area contributed by atoms with Gasteiger partial charge in [-0.1, -0.05) is 77.3 Å². The molecule has 0 fully saturated rings. The summed E-state index contributed by atoms with van der Waals surface area (Å²) >= 11 is 3.98. The number of thioether (sulfide) groups is 2. The Kier molecular flexibility index (Phi) is 6.31. The van der Waals surface area contributed by atoms with Gasteiger partial charge in [0, 0.05) is 11.8 Å². The van der Waals surface area contributed by atoms with Crippen LogP contribution in [0.4, 0.5) is 10.9 Å². The summed E-state index contributed by atoms with van der Waals surface area (Å²) in [5.74, 6) is 0.657. The van der Waals surface area contributed by atoms with Gasteiger partial charge in [0.05, 0.1) is 5.75 Å². The number of nitrogens with zero attached hydrogens (tertiary/aromatic N) is 3. The Labute approximate surface area is 183 Å². The molecule has 2 heterocycles. The van der Waals surface area contributed by atoms with Crippen LogP contribution < -0.4 is 16.6 Å². The molecular weight excluding hydrogens is 440 g/mol. The number of hydrogen-bond acceptors (Lipinski definition) is 9. The van der Waals surface area contributed by atoms with Crippen LogP contribution in [0.25, 0.3) is 10.8 Å². The fourth-order valence-corrected chi connectivity index (χ4v) is 5.14. The molecule has 4 rings (SSSR count). The van der Waals surface area contributed by atoms with Crippen molar-refractivity contribution in [1.82, 2.24) is 20.2 Å². The van der Waals surface area contributed by atoms with Crippen LogP contribution in [-0.4, -0.2) is 31.8 Å². The van der Waals surface area contributed by atoms with Crippen LogP contribution in [0.2, 0.25) is 0 Å². The van der Waals surface area contributed by atoms with E-state index in [4.69, 9.17) is 5.73 Å². The maximum absolute atomic E-state index is 12.1. The second-order valence-corrected chi connectivity index (χ2v) is 9.28. The van der Waals surface area contributed by atoms with E-state index in [2.05, 4.69) is 49.7 Å². The molecule has 2 aromatic heterocycles. The predicted octanol–water partition coefficient (Wildman–Crippen LogP) is 3.38. The smallest absolute Gasteiger partial charge is 0.253 e. The molecule has 0 aliphatic heterocycles. The summed E-state index contributed by atoms with van der Waals surface area (Å²) in [5, 5.41) is 14.0. The summed E-state index contributed by atoms with van der Waals surface area (Å²) in [6, 6.07) is 15.7. The lowest BCUT2D eigenvalue weighted by atomic mass is 10.1. The molecule has 0 saturated carbocycles. The van der Waals surface area contributed by atoms with Crippen LogP contribution in [-0.2, 0) is 10.5 Å². The number of anilines is 2. The minimum Gasteiger partial charge on any atom is -0.383 e. The van der Waals surface area contributed by atoms with Crippen LogP contribution in [0.1, 0.15) is 5.56 Å². The maximum atomic E-state index is 12.1. The molecule has 0 spiro atoms. The molecular formula is C19H16N6O2S3. The lowest BCUT2D eigenvalue weighted by Crippen LogP contribution is -2.15. The number of carbonyl (C=O) groups is 1. The first-order valence-corrected chi connectivity index (χ1v) is 11.6. The topological polar surface area (TPSA) is 127 Å². The van der Waals surface area contributed by atoms with E-state index in [-0.39, 0.29) is 23.0 Å². The zero-order valence-electron chi connectivity index (χ0n) is 15.5. The monoisotopic (exact) mass is 456 g/mol. The fraction of sp³-hybridized carbons (Fsp3) is 0.105. The Hall–Kier alpha value is -2.89. The molecule has 0 bridgehead atoms. The van der Waals surface area contributed by atoms with Gasteiger partial charge in [0.25, 0.3) is 5.56 Å². The second kappa shape index (κ2) is 9.28. The molecule has 152 valence electrons. The highest BCUT2D eigenvalue weighted by atomic mass is 32.2. The van der Waals surface area contributed by atoms with Crippen molar-refractivity contribution in [2.75, 3.05) is 16.8 Å². The van der Waals surface area contributed by atoms with Gasteiger partial charge in [0.1, 0.15) is 5.82 Å². The summed E-state index contributed by atoms with van der Waals surface area (Å²) in [6.07, 6.45) is 0. The quantitative estimate of drug-likeness (QED) is 0.219. The number of amides is 1. The van der Waals surface area contributed by atoms with Crippen molar-refractivity contribution in [3.63, 3.8) is 0 Å². The number of nitrogens with one attached hydrogen (secondary N) is 2. The van der Waals surface area contributed by atoms with Crippen LogP contribution >= 0.6 is 34.9 Å². The summed E-state index contributed by atoms with van der Waals surface area (Å²) < 4.78 is 0.771. The Morgan fingerprint density at radius 3 is 2.83 bits per heavy atom. The van der Waals surface area contributed by atoms with Crippen LogP contribution in [0.3, 0.4) is 0 Å². The molecule has 11 heteroatoms. The molecule has 0 atom stereocenters. The van der Waals surface area contributed by atoms with Gasteiger partial charge in [0.15, 0.2) is 9.50 Å². The standard InChI is InChI=1S/C19H16N6O2S3/c20-14-8-15(26)22-17(21-14)28-10-16(27)23-18-24-25-19(30-18)29-9-12-6-3-5-11-4-1-2-7-13(11)12/h1-8H,9-10H2,(H,23,24,27)(H3,20,21,22,26). The normalized spacial score (nSPS) is 10.9. The molecule has 30 heavy (non-hydrogen) atoms. The Morgan fingerprint density at radius 1 is 1.13 bits per heavy atom. The summed E-state index contributed by atoms with van der Waals surface area (Å²) in [4.78, 5) is 30.0. The number of aromatic amines is 1. The third kappa shape index (κ3) is 5.17. The van der Waals surface area contributed by atoms with E-state index < -0.39 is 0 Å². The van der Waals surface area contributed by atoms with E-state index >= 15 is 0 Å². The first-order valence-electron chi connectivity index (χ1n) is 8.79. The summed E-state index contributed by atoms with van der Waals surface area (Å²) in [5.41, 5.74) is 6.39. The maximum Gasteiger partial charge on any atom is 0.253 e. The summed E-state index contributed by atoms with van der Waals surface area (Å²) in [6.45, 7) is 0. The van der Waals surface area contributed by atoms with Crippen molar-refractivity contribution in [2.45, 2.75) is 15.2 Å². The third-order valence-corrected chi connectivity index (χ3v) is 6.86. The van der Waals surface area contributed by atoms with Gasteiger partial charge in [-0.15, -0.1) is 10.2 Å². The van der Waals surface area contributed by atoms with Crippen LogP contribution in [0.5, 0.6) is 0 Å². The zero-order chi connectivity index (χ0) is 20.9. The molecule has 4 aromatic rings. The lowest BCUT2D eigenvalue weighted by Gasteiger charge is -2.04. The molecule has 0 aliphatic carbocycles. The van der Waals surface area contributed by atoms with E-state index in [1.807, 2.05) is 18.2 Å². The van der Waals surface area contributed by atoms with E-state index in [0.717, 1.165) is 21.9 Å². The van der Waals surface area contributed by atoms with Gasteiger partial charge in [-0.05, 0) is 16.3 Å². The highest BCUT2D eigenvalue weighted by Gasteiger charge is 2.11. The molecule has 8 nitrogen and oxygen atoms in total. The number of benzene rings is 2. The van der Waals surface area contributed by atoms with E-state index in [1.54, 1.807) is 11.8 Å². The average Bonchev–Trinajstić information content (AvgIpc) is 3.17. The number of rotatable bonds is 7. The first-order chi connectivity index (χ1) is 14.6. The minimum atomic E-state index is -0.359. The number of aromatic nitrogens is 4. The number of nitrogen functional groups attached to an aromatic ring is 1. The molecule has 2 aromatic carbocycles. The summed E-state index contributed by atoms with van der Waals surface area (Å²) in [7, 11) is 0. The molecule has 0 unspecified atom stereocenters. The number of fused-ring (bicyclic) bond motifs is 1. The van der Waals surface area contributed by atoms with Crippen LogP contribution in [0.15, 0.2) is 62.8 Å². The van der Waals surface area contributed by atoms with Gasteiger partial charge in [0.2, 0.25) is 11.0 Å². The number of H-pyrrole nitrogens is 1. The van der Waals surface area contributed by atoms with Gasteiger partial charge in [-0.3, -0.25) is 14.9 Å². The van der Waals surface area contributed by atoms with Crippen molar-refractivity contribution in [3.05, 3.63) is 64.4 Å². The van der Waals surface area contributed by atoms with Crippen molar-refractivity contribution in [1.29, 1.82) is 0 Å². The van der Waals surface area contributed by atoms with Gasteiger partial charge in [-0.25, -0.2) is 4.98 Å². The Morgan fingerprint density at radius 2 is 1.97 bits per heavy atom. The van der Waals surface area contributed by atoms with Gasteiger partial charge >= 0.3 is 0 Å². The first kappa shape index (κ1) is 20.4. The van der Waals surface area contributed by atoms with Crippen molar-refractivity contribution in [3.8, 4) is 0 Å². The van der Waals surface area contributed by atoms with Crippen molar-refractivity contribution >= 4 is 62.5 Å². The highest BCUT2D eigenvalue weighted by molar-refractivity contribution is 8.00. The average molecular weight is 457 g/mol. The second-order valence-electron chi connectivity index (χ2n) is 6.11. The van der Waals surface area contributed by atoms with Gasteiger partial charge in [-0.2, -0.15) is 0 Å². The molecule has 0 saturated heterocycles. The number of nitrogens with two attached hydrogens (primary N) is 1. The minimum absolute atomic E-state index is 0.0600. The highest BCUT2D eigenvalue weighted by Crippen LogP contribution is 2.30. The SMILES string of the molecule is Nc1cc(=O)[nH]c(SCC(=O)Nc2nnc(SCc3cccc4ccccc34)s2)n1. The van der Waals surface area contributed by atoms with Gasteiger partial charge < -0.3 is 10.7 Å². The molecule has 4 N–H and O–H groups in total. The molecule has 1 amide bonds. The fourth-order valence-electron chi connectivity index (χ4n) is 2.69. The number of hydrogen-bond donors (Lipinski definition) is 3. The third-order valence-electron chi connectivity index (χ3n) is 3.96. The predicted molar refractivity (Wildman–Crippen MR) is 122 cm³/mol. The van der Waals surface area contributed by atoms with Crippen molar-refractivity contribution < 1.29 is 4.79 Å². The van der Waals surface area contributed by atoms with E-state index in [1.165, 1.54) is 33.7 Å². The number of carbonyl (C=O) groups excluding carboxylic acids is 1. The van der Waals surface area contributed by atoms with Crippen molar-refractivity contribution in [2.24, 2.45) is 0 Å². The van der Waals surface area contributed by atoms with E-state index in [9.17, 15) is 9.59 Å².